The van der Waals surface area contributed by atoms with Crippen molar-refractivity contribution in [2.75, 3.05) is 13.2 Å². The van der Waals surface area contributed by atoms with Crippen LogP contribution in [0, 0.1) is 0 Å². The maximum absolute atomic E-state index is 12.3. The van der Waals surface area contributed by atoms with E-state index in [1.807, 2.05) is 17.0 Å². The monoisotopic (exact) mass is 248 g/mol. The Morgan fingerprint density at radius 3 is 2.61 bits per heavy atom. The van der Waals surface area contributed by atoms with Gasteiger partial charge in [-0.2, -0.15) is 0 Å². The fourth-order valence-corrected chi connectivity index (χ4v) is 2.61. The summed E-state index contributed by atoms with van der Waals surface area (Å²) in [4.78, 5) is 18.1. The van der Waals surface area contributed by atoms with Gasteiger partial charge in [-0.1, -0.05) is 12.8 Å². The van der Waals surface area contributed by atoms with Crippen molar-refractivity contribution in [1.29, 1.82) is 0 Å². The topological polar surface area (TPSA) is 53.4 Å². The van der Waals surface area contributed by atoms with Gasteiger partial charge in [-0.25, -0.2) is 0 Å². The van der Waals surface area contributed by atoms with Gasteiger partial charge in [-0.15, -0.1) is 0 Å². The first-order valence-electron chi connectivity index (χ1n) is 6.60. The minimum absolute atomic E-state index is 0.0403. The van der Waals surface area contributed by atoms with E-state index in [2.05, 4.69) is 4.98 Å². The Morgan fingerprint density at radius 1 is 1.33 bits per heavy atom. The van der Waals surface area contributed by atoms with E-state index in [-0.39, 0.29) is 12.5 Å². The van der Waals surface area contributed by atoms with Crippen LogP contribution in [0.25, 0.3) is 0 Å². The first-order valence-corrected chi connectivity index (χ1v) is 6.60. The number of aliphatic hydroxyl groups excluding tert-OH is 1. The van der Waals surface area contributed by atoms with Gasteiger partial charge in [0.2, 0.25) is 5.91 Å². The highest BCUT2D eigenvalue weighted by atomic mass is 16.3. The third-order valence-corrected chi connectivity index (χ3v) is 3.53. The highest BCUT2D eigenvalue weighted by molar-refractivity contribution is 5.79. The van der Waals surface area contributed by atoms with Gasteiger partial charge in [0.1, 0.15) is 0 Å². The van der Waals surface area contributed by atoms with E-state index in [1.54, 1.807) is 12.4 Å². The highest BCUT2D eigenvalue weighted by Gasteiger charge is 2.25. The zero-order valence-corrected chi connectivity index (χ0v) is 10.6. The standard InChI is InChI=1S/C14H20N2O2/c17-10-9-16(13-3-1-2-4-13)14(18)11-12-5-7-15-8-6-12/h5-8,13,17H,1-4,9-11H2. The lowest BCUT2D eigenvalue weighted by Crippen LogP contribution is -2.41. The maximum atomic E-state index is 12.3. The predicted octanol–water partition coefficient (Wildman–Crippen LogP) is 1.39. The predicted molar refractivity (Wildman–Crippen MR) is 69.0 cm³/mol. The van der Waals surface area contributed by atoms with Crippen molar-refractivity contribution in [2.45, 2.75) is 38.1 Å². The van der Waals surface area contributed by atoms with Gasteiger partial charge in [0.15, 0.2) is 0 Å². The molecule has 1 amide bonds. The van der Waals surface area contributed by atoms with Crippen LogP contribution in [-0.4, -0.2) is 40.1 Å². The Bertz CT molecular complexity index is 375. The molecule has 1 heterocycles. The summed E-state index contributed by atoms with van der Waals surface area (Å²) in [7, 11) is 0. The Morgan fingerprint density at radius 2 is 2.00 bits per heavy atom. The lowest BCUT2D eigenvalue weighted by Gasteiger charge is -2.28. The normalized spacial score (nSPS) is 15.8. The number of aromatic nitrogens is 1. The van der Waals surface area contributed by atoms with E-state index in [1.165, 1.54) is 12.8 Å². The Kier molecular flexibility index (Phi) is 4.70. The van der Waals surface area contributed by atoms with Gasteiger partial charge >= 0.3 is 0 Å². The molecule has 4 heteroatoms. The Labute approximate surface area is 108 Å². The van der Waals surface area contributed by atoms with Crippen LogP contribution in [0.15, 0.2) is 24.5 Å². The molecular weight excluding hydrogens is 228 g/mol. The average molecular weight is 248 g/mol. The quantitative estimate of drug-likeness (QED) is 0.856. The molecule has 1 aromatic rings. The molecule has 0 bridgehead atoms. The van der Waals surface area contributed by atoms with Crippen molar-refractivity contribution >= 4 is 5.91 Å². The van der Waals surface area contributed by atoms with Crippen LogP contribution in [0.3, 0.4) is 0 Å². The number of rotatable bonds is 5. The minimum Gasteiger partial charge on any atom is -0.395 e. The first kappa shape index (κ1) is 13.0. The first-order chi connectivity index (χ1) is 8.81. The summed E-state index contributed by atoms with van der Waals surface area (Å²) in [5.41, 5.74) is 0.982. The molecule has 1 N–H and O–H groups in total. The molecule has 18 heavy (non-hydrogen) atoms. The number of hydrogen-bond donors (Lipinski definition) is 1. The molecule has 0 spiro atoms. The van der Waals surface area contributed by atoms with E-state index in [9.17, 15) is 4.79 Å². The van der Waals surface area contributed by atoms with E-state index < -0.39 is 0 Å². The smallest absolute Gasteiger partial charge is 0.227 e. The van der Waals surface area contributed by atoms with Crippen molar-refractivity contribution in [1.82, 2.24) is 9.88 Å². The number of nitrogens with zero attached hydrogens (tertiary/aromatic N) is 2. The molecule has 0 saturated heterocycles. The summed E-state index contributed by atoms with van der Waals surface area (Å²) < 4.78 is 0. The fraction of sp³-hybridized carbons (Fsp3) is 0.571. The molecule has 1 aliphatic rings. The molecule has 1 saturated carbocycles. The lowest BCUT2D eigenvalue weighted by atomic mass is 10.1. The van der Waals surface area contributed by atoms with Gasteiger partial charge in [-0.3, -0.25) is 9.78 Å². The number of hydrogen-bond acceptors (Lipinski definition) is 3. The van der Waals surface area contributed by atoms with Gasteiger partial charge in [-0.05, 0) is 30.5 Å². The number of carbonyl (C=O) groups is 1. The molecule has 1 aromatic heterocycles. The maximum Gasteiger partial charge on any atom is 0.227 e. The molecule has 0 unspecified atom stereocenters. The number of carbonyl (C=O) groups excluding carboxylic acids is 1. The van der Waals surface area contributed by atoms with Crippen LogP contribution in [-0.2, 0) is 11.2 Å². The minimum atomic E-state index is 0.0403. The zero-order chi connectivity index (χ0) is 12.8. The molecular formula is C14H20N2O2. The van der Waals surface area contributed by atoms with Crippen molar-refractivity contribution in [3.63, 3.8) is 0 Å². The Balaban J connectivity index is 1.99. The van der Waals surface area contributed by atoms with Crippen molar-refractivity contribution in [3.8, 4) is 0 Å². The van der Waals surface area contributed by atoms with Crippen LogP contribution in [0.5, 0.6) is 0 Å². The van der Waals surface area contributed by atoms with Crippen LogP contribution in [0.4, 0.5) is 0 Å². The van der Waals surface area contributed by atoms with Crippen LogP contribution in [0.2, 0.25) is 0 Å². The highest BCUT2D eigenvalue weighted by Crippen LogP contribution is 2.23. The van der Waals surface area contributed by atoms with Crippen LogP contribution in [0.1, 0.15) is 31.2 Å². The zero-order valence-electron chi connectivity index (χ0n) is 10.6. The summed E-state index contributed by atoms with van der Waals surface area (Å²) in [5, 5.41) is 9.11. The summed E-state index contributed by atoms with van der Waals surface area (Å²) in [6, 6.07) is 4.05. The molecule has 1 aliphatic carbocycles. The third-order valence-electron chi connectivity index (χ3n) is 3.53. The second-order valence-electron chi connectivity index (χ2n) is 4.78. The average Bonchev–Trinajstić information content (AvgIpc) is 2.90. The fourth-order valence-electron chi connectivity index (χ4n) is 2.61. The largest absolute Gasteiger partial charge is 0.395 e. The van der Waals surface area contributed by atoms with Gasteiger partial charge in [0, 0.05) is 25.0 Å². The second kappa shape index (κ2) is 6.50. The molecule has 2 rings (SSSR count). The van der Waals surface area contributed by atoms with Crippen LogP contribution >= 0.6 is 0 Å². The van der Waals surface area contributed by atoms with E-state index in [0.717, 1.165) is 18.4 Å². The molecule has 1 fully saturated rings. The SMILES string of the molecule is O=C(Cc1ccncc1)N(CCO)C1CCCC1. The number of amides is 1. The summed E-state index contributed by atoms with van der Waals surface area (Å²) in [5.74, 6) is 0.113. The van der Waals surface area contributed by atoms with Crippen LogP contribution < -0.4 is 0 Å². The van der Waals surface area contributed by atoms with Gasteiger partial charge in [0.05, 0.1) is 13.0 Å². The van der Waals surface area contributed by atoms with Gasteiger partial charge in [0.25, 0.3) is 0 Å². The van der Waals surface area contributed by atoms with Crippen molar-refractivity contribution < 1.29 is 9.90 Å². The molecule has 98 valence electrons. The molecule has 4 nitrogen and oxygen atoms in total. The molecule has 0 aliphatic heterocycles. The number of aliphatic hydroxyl groups is 1. The van der Waals surface area contributed by atoms with Crippen molar-refractivity contribution in [3.05, 3.63) is 30.1 Å². The molecule has 0 atom stereocenters. The third kappa shape index (κ3) is 3.29. The van der Waals surface area contributed by atoms with E-state index in [0.29, 0.717) is 19.0 Å². The summed E-state index contributed by atoms with van der Waals surface area (Å²) >= 11 is 0. The molecule has 0 radical (unpaired) electrons. The van der Waals surface area contributed by atoms with Crippen molar-refractivity contribution in [2.24, 2.45) is 0 Å². The van der Waals surface area contributed by atoms with E-state index in [4.69, 9.17) is 5.11 Å². The van der Waals surface area contributed by atoms with Gasteiger partial charge < -0.3 is 10.0 Å². The second-order valence-corrected chi connectivity index (χ2v) is 4.78. The molecule has 0 aromatic carbocycles. The number of pyridine rings is 1. The summed E-state index contributed by atoms with van der Waals surface area (Å²) in [6.07, 6.45) is 8.33. The summed E-state index contributed by atoms with van der Waals surface area (Å²) in [6.45, 7) is 0.493. The Hall–Kier alpha value is -1.42. The lowest BCUT2D eigenvalue weighted by molar-refractivity contribution is -0.133. The van der Waals surface area contributed by atoms with E-state index >= 15 is 0 Å².